The Bertz CT molecular complexity index is 284. The lowest BCUT2D eigenvalue weighted by atomic mass is 10.1. The van der Waals surface area contributed by atoms with Crippen molar-refractivity contribution in [3.05, 3.63) is 0 Å². The molecule has 2 atom stereocenters. The van der Waals surface area contributed by atoms with Crippen LogP contribution in [-0.4, -0.2) is 33.3 Å². The lowest BCUT2D eigenvalue weighted by Crippen LogP contribution is -2.43. The van der Waals surface area contributed by atoms with Crippen LogP contribution < -0.4 is 10.0 Å². The zero-order valence-corrected chi connectivity index (χ0v) is 11.1. The van der Waals surface area contributed by atoms with Gasteiger partial charge in [0.05, 0.1) is 5.75 Å². The maximum absolute atomic E-state index is 11.8. The summed E-state index contributed by atoms with van der Waals surface area (Å²) in [4.78, 5) is 0. The topological polar surface area (TPSA) is 58.2 Å². The Labute approximate surface area is 99.2 Å². The average molecular weight is 248 g/mol. The summed E-state index contributed by atoms with van der Waals surface area (Å²) >= 11 is 0. The van der Waals surface area contributed by atoms with E-state index >= 15 is 0 Å². The van der Waals surface area contributed by atoms with Crippen LogP contribution in [0.15, 0.2) is 0 Å². The fourth-order valence-corrected chi connectivity index (χ4v) is 3.27. The average Bonchev–Trinajstić information content (AvgIpc) is 2.27. The number of hydrogen-bond acceptors (Lipinski definition) is 3. The largest absolute Gasteiger partial charge is 0.313 e. The smallest absolute Gasteiger partial charge is 0.213 e. The quantitative estimate of drug-likeness (QED) is 0.740. The Morgan fingerprint density at radius 2 is 2.19 bits per heavy atom. The first kappa shape index (κ1) is 13.9. The maximum atomic E-state index is 11.8. The Morgan fingerprint density at radius 3 is 2.75 bits per heavy atom. The molecule has 0 saturated carbocycles. The summed E-state index contributed by atoms with van der Waals surface area (Å²) in [7, 11) is -3.10. The summed E-state index contributed by atoms with van der Waals surface area (Å²) in [5.41, 5.74) is 0. The predicted molar refractivity (Wildman–Crippen MR) is 66.9 cm³/mol. The van der Waals surface area contributed by atoms with E-state index in [1.165, 1.54) is 0 Å². The number of hydrogen-bond donors (Lipinski definition) is 2. The second-order valence-corrected chi connectivity index (χ2v) is 6.64. The third-order valence-corrected chi connectivity index (χ3v) is 4.63. The van der Waals surface area contributed by atoms with E-state index in [0.717, 1.165) is 32.2 Å². The summed E-state index contributed by atoms with van der Waals surface area (Å²) in [6, 6.07) is 0.142. The lowest BCUT2D eigenvalue weighted by Gasteiger charge is -2.23. The second-order valence-electron chi connectivity index (χ2n) is 4.79. The molecule has 0 spiro atoms. The van der Waals surface area contributed by atoms with Crippen molar-refractivity contribution in [3.8, 4) is 0 Å². The molecule has 1 heterocycles. The highest BCUT2D eigenvalue weighted by Crippen LogP contribution is 2.09. The third-order valence-electron chi connectivity index (χ3n) is 3.18. The van der Waals surface area contributed by atoms with E-state index in [2.05, 4.69) is 23.9 Å². The molecule has 96 valence electrons. The van der Waals surface area contributed by atoms with E-state index in [4.69, 9.17) is 0 Å². The van der Waals surface area contributed by atoms with Gasteiger partial charge < -0.3 is 5.32 Å². The molecule has 1 saturated heterocycles. The highest BCUT2D eigenvalue weighted by Gasteiger charge is 2.20. The van der Waals surface area contributed by atoms with Gasteiger partial charge in [-0.05, 0) is 25.3 Å². The molecule has 0 aromatic heterocycles. The van der Waals surface area contributed by atoms with Crippen LogP contribution in [0.1, 0.15) is 39.5 Å². The molecule has 16 heavy (non-hydrogen) atoms. The minimum Gasteiger partial charge on any atom is -0.313 e. The van der Waals surface area contributed by atoms with E-state index in [0.29, 0.717) is 12.5 Å². The van der Waals surface area contributed by atoms with Crippen LogP contribution in [0.5, 0.6) is 0 Å². The summed E-state index contributed by atoms with van der Waals surface area (Å²) in [6.45, 7) is 5.64. The van der Waals surface area contributed by atoms with Crippen LogP contribution in [0, 0.1) is 5.92 Å². The molecule has 0 radical (unpaired) electrons. The minimum absolute atomic E-state index is 0.142. The van der Waals surface area contributed by atoms with Gasteiger partial charge in [0.25, 0.3) is 0 Å². The molecule has 0 bridgehead atoms. The molecule has 0 aromatic carbocycles. The van der Waals surface area contributed by atoms with E-state index in [-0.39, 0.29) is 11.8 Å². The highest BCUT2D eigenvalue weighted by molar-refractivity contribution is 7.89. The van der Waals surface area contributed by atoms with Gasteiger partial charge >= 0.3 is 0 Å². The molecule has 1 fully saturated rings. The molecule has 0 aromatic rings. The van der Waals surface area contributed by atoms with Gasteiger partial charge in [0.2, 0.25) is 10.0 Å². The Hall–Kier alpha value is -0.130. The van der Waals surface area contributed by atoms with Crippen LogP contribution in [-0.2, 0) is 10.0 Å². The summed E-state index contributed by atoms with van der Waals surface area (Å²) in [5, 5.41) is 3.26. The summed E-state index contributed by atoms with van der Waals surface area (Å²) in [5.74, 6) is 0.637. The van der Waals surface area contributed by atoms with Gasteiger partial charge in [-0.1, -0.05) is 26.7 Å². The number of nitrogens with one attached hydrogen (secondary N) is 2. The van der Waals surface area contributed by atoms with Crippen molar-refractivity contribution < 1.29 is 8.42 Å². The Kier molecular flexibility index (Phi) is 5.72. The monoisotopic (exact) mass is 248 g/mol. The van der Waals surface area contributed by atoms with Crippen molar-refractivity contribution in [1.29, 1.82) is 0 Å². The first-order chi connectivity index (χ1) is 7.53. The van der Waals surface area contributed by atoms with Gasteiger partial charge in [-0.2, -0.15) is 0 Å². The van der Waals surface area contributed by atoms with E-state index in [1.807, 2.05) is 0 Å². The van der Waals surface area contributed by atoms with Crippen molar-refractivity contribution in [2.24, 2.45) is 5.92 Å². The summed E-state index contributed by atoms with van der Waals surface area (Å²) < 4.78 is 26.2. The lowest BCUT2D eigenvalue weighted by molar-refractivity contribution is 0.421. The van der Waals surface area contributed by atoms with Gasteiger partial charge in [-0.25, -0.2) is 13.1 Å². The van der Waals surface area contributed by atoms with Gasteiger partial charge in [-0.15, -0.1) is 0 Å². The molecule has 0 aliphatic carbocycles. The molecule has 2 unspecified atom stereocenters. The zero-order valence-electron chi connectivity index (χ0n) is 10.3. The Balaban J connectivity index is 2.32. The second kappa shape index (κ2) is 6.57. The van der Waals surface area contributed by atoms with Crippen molar-refractivity contribution in [2.75, 3.05) is 18.8 Å². The van der Waals surface area contributed by atoms with Crippen molar-refractivity contribution >= 4 is 10.0 Å². The molecule has 1 aliphatic rings. The number of rotatable bonds is 6. The van der Waals surface area contributed by atoms with Gasteiger partial charge in [0.15, 0.2) is 0 Å². The van der Waals surface area contributed by atoms with Crippen LogP contribution >= 0.6 is 0 Å². The molecule has 5 heteroatoms. The molecule has 4 nitrogen and oxygen atoms in total. The fraction of sp³-hybridized carbons (Fsp3) is 1.00. The van der Waals surface area contributed by atoms with Crippen molar-refractivity contribution in [1.82, 2.24) is 10.0 Å². The summed E-state index contributed by atoms with van der Waals surface area (Å²) in [6.07, 6.45) is 4.28. The molecule has 1 rings (SSSR count). The van der Waals surface area contributed by atoms with Gasteiger partial charge in [0.1, 0.15) is 0 Å². The Morgan fingerprint density at radius 1 is 1.44 bits per heavy atom. The van der Waals surface area contributed by atoms with Gasteiger partial charge in [0, 0.05) is 12.6 Å². The maximum Gasteiger partial charge on any atom is 0.213 e. The minimum atomic E-state index is -3.10. The first-order valence-electron chi connectivity index (χ1n) is 6.24. The van der Waals surface area contributed by atoms with Crippen molar-refractivity contribution in [3.63, 3.8) is 0 Å². The van der Waals surface area contributed by atoms with Crippen LogP contribution in [0.25, 0.3) is 0 Å². The van der Waals surface area contributed by atoms with Gasteiger partial charge in [-0.3, -0.25) is 0 Å². The van der Waals surface area contributed by atoms with Crippen molar-refractivity contribution in [2.45, 2.75) is 45.6 Å². The molecule has 0 amide bonds. The predicted octanol–water partition coefficient (Wildman–Crippen LogP) is 1.09. The molecule has 1 aliphatic heterocycles. The molecule has 2 N–H and O–H groups in total. The SMILES string of the molecule is CCC(C)CNS(=O)(=O)CC1CCCCN1. The first-order valence-corrected chi connectivity index (χ1v) is 7.89. The van der Waals surface area contributed by atoms with Crippen LogP contribution in [0.3, 0.4) is 0 Å². The fourth-order valence-electron chi connectivity index (χ4n) is 1.80. The zero-order chi connectivity index (χ0) is 12.0. The number of sulfonamides is 1. The van der Waals surface area contributed by atoms with E-state index < -0.39 is 10.0 Å². The van der Waals surface area contributed by atoms with E-state index in [9.17, 15) is 8.42 Å². The third kappa shape index (κ3) is 5.27. The van der Waals surface area contributed by atoms with Crippen LogP contribution in [0.4, 0.5) is 0 Å². The van der Waals surface area contributed by atoms with Crippen LogP contribution in [0.2, 0.25) is 0 Å². The number of piperidine rings is 1. The highest BCUT2D eigenvalue weighted by atomic mass is 32.2. The standard InChI is InChI=1S/C11H24N2O2S/c1-3-10(2)8-13-16(14,15)9-11-6-4-5-7-12-11/h10-13H,3-9H2,1-2H3. The van der Waals surface area contributed by atoms with E-state index in [1.54, 1.807) is 0 Å². The molecular weight excluding hydrogens is 224 g/mol. The normalized spacial score (nSPS) is 24.2. The molecular formula is C11H24N2O2S.